The molecule has 0 aliphatic carbocycles. The van der Waals surface area contributed by atoms with Gasteiger partial charge in [-0.05, 0) is 43.0 Å². The Morgan fingerprint density at radius 3 is 3.12 bits per heavy atom. The van der Waals surface area contributed by atoms with Gasteiger partial charge in [0.2, 0.25) is 0 Å². The third-order valence-electron chi connectivity index (χ3n) is 2.51. The van der Waals surface area contributed by atoms with E-state index in [0.29, 0.717) is 6.42 Å². The molecule has 1 N–H and O–H groups in total. The van der Waals surface area contributed by atoms with Crippen molar-refractivity contribution < 1.29 is 4.39 Å². The van der Waals surface area contributed by atoms with Gasteiger partial charge in [0, 0.05) is 16.5 Å². The number of rotatable bonds is 4. The SMILES string of the molecule is FCCCCN1CNSc2cc(Cl)ccc21. The molecule has 1 aliphatic rings. The largest absolute Gasteiger partial charge is 0.357 e. The number of hydrogen-bond donors (Lipinski definition) is 1. The molecule has 0 fully saturated rings. The van der Waals surface area contributed by atoms with Gasteiger partial charge in [0.15, 0.2) is 0 Å². The summed E-state index contributed by atoms with van der Waals surface area (Å²) in [7, 11) is 0. The minimum atomic E-state index is -0.233. The molecule has 0 saturated carbocycles. The lowest BCUT2D eigenvalue weighted by atomic mass is 10.2. The van der Waals surface area contributed by atoms with E-state index in [9.17, 15) is 4.39 Å². The topological polar surface area (TPSA) is 15.3 Å². The Hall–Kier alpha value is -0.450. The summed E-state index contributed by atoms with van der Waals surface area (Å²) >= 11 is 7.54. The molecule has 0 unspecified atom stereocenters. The zero-order valence-corrected chi connectivity index (χ0v) is 10.5. The fourth-order valence-electron chi connectivity index (χ4n) is 1.70. The first-order valence-corrected chi connectivity index (χ1v) is 6.51. The Balaban J connectivity index is 2.07. The van der Waals surface area contributed by atoms with Crippen LogP contribution < -0.4 is 9.62 Å². The molecule has 1 aliphatic heterocycles. The summed E-state index contributed by atoms with van der Waals surface area (Å²) in [5.41, 5.74) is 1.19. The number of halogens is 2. The average molecular weight is 261 g/mol. The summed E-state index contributed by atoms with van der Waals surface area (Å²) in [4.78, 5) is 3.36. The Morgan fingerprint density at radius 1 is 1.44 bits per heavy atom. The number of nitrogens with zero attached hydrogens (tertiary/aromatic N) is 1. The third kappa shape index (κ3) is 2.81. The van der Waals surface area contributed by atoms with Crippen LogP contribution in [0, 0.1) is 0 Å². The van der Waals surface area contributed by atoms with Gasteiger partial charge in [-0.2, -0.15) is 0 Å². The summed E-state index contributed by atoms with van der Waals surface area (Å²) in [6.07, 6.45) is 1.51. The quantitative estimate of drug-likeness (QED) is 0.659. The second kappa shape index (κ2) is 5.75. The highest BCUT2D eigenvalue weighted by Crippen LogP contribution is 2.34. The normalized spacial score (nSPS) is 15.0. The van der Waals surface area contributed by atoms with Crippen molar-refractivity contribution in [1.29, 1.82) is 0 Å². The molecule has 0 spiro atoms. The molecule has 0 aromatic heterocycles. The van der Waals surface area contributed by atoms with E-state index in [1.807, 2.05) is 18.2 Å². The van der Waals surface area contributed by atoms with Crippen molar-refractivity contribution in [2.24, 2.45) is 0 Å². The van der Waals surface area contributed by atoms with Crippen LogP contribution in [0.3, 0.4) is 0 Å². The average Bonchev–Trinajstić information content (AvgIpc) is 2.29. The molecule has 1 aromatic carbocycles. The van der Waals surface area contributed by atoms with Gasteiger partial charge in [0.25, 0.3) is 0 Å². The molecule has 0 atom stereocenters. The highest BCUT2D eigenvalue weighted by atomic mass is 35.5. The Morgan fingerprint density at radius 2 is 2.31 bits per heavy atom. The van der Waals surface area contributed by atoms with Crippen LogP contribution in [0.1, 0.15) is 12.8 Å². The molecule has 0 radical (unpaired) electrons. The van der Waals surface area contributed by atoms with Crippen LogP contribution in [0.25, 0.3) is 0 Å². The summed E-state index contributed by atoms with van der Waals surface area (Å²) < 4.78 is 15.3. The smallest absolute Gasteiger partial charge is 0.0895 e. The molecule has 0 amide bonds. The summed E-state index contributed by atoms with van der Waals surface area (Å²) in [6, 6.07) is 5.88. The molecule has 1 aromatic rings. The lowest BCUT2D eigenvalue weighted by Gasteiger charge is -2.31. The van der Waals surface area contributed by atoms with Crippen LogP contribution in [0.2, 0.25) is 5.02 Å². The van der Waals surface area contributed by atoms with Crippen LogP contribution in [-0.4, -0.2) is 19.9 Å². The molecular formula is C11H14ClFN2S. The first-order chi connectivity index (χ1) is 7.81. The van der Waals surface area contributed by atoms with Crippen molar-refractivity contribution in [1.82, 2.24) is 4.72 Å². The van der Waals surface area contributed by atoms with Crippen LogP contribution in [-0.2, 0) is 0 Å². The zero-order chi connectivity index (χ0) is 11.4. The van der Waals surface area contributed by atoms with Gasteiger partial charge >= 0.3 is 0 Å². The van der Waals surface area contributed by atoms with Crippen molar-refractivity contribution >= 4 is 29.2 Å². The van der Waals surface area contributed by atoms with E-state index in [1.165, 1.54) is 5.69 Å². The van der Waals surface area contributed by atoms with Crippen molar-refractivity contribution in [3.05, 3.63) is 23.2 Å². The highest BCUT2D eigenvalue weighted by molar-refractivity contribution is 7.97. The van der Waals surface area contributed by atoms with E-state index in [2.05, 4.69) is 9.62 Å². The molecule has 0 saturated heterocycles. The Kier molecular flexibility index (Phi) is 4.32. The maximum atomic E-state index is 12.0. The maximum absolute atomic E-state index is 12.0. The Bertz CT molecular complexity index is 362. The second-order valence-electron chi connectivity index (χ2n) is 3.68. The number of hydrogen-bond acceptors (Lipinski definition) is 3. The molecule has 2 nitrogen and oxygen atoms in total. The number of alkyl halides is 1. The molecule has 0 bridgehead atoms. The standard InChI is InChI=1S/C11H14ClFN2S/c12-9-3-4-10-11(7-9)16-14-8-15(10)6-2-1-5-13/h3-4,7,14H,1-2,5-6,8H2. The van der Waals surface area contributed by atoms with E-state index in [-0.39, 0.29) is 6.67 Å². The van der Waals surface area contributed by atoms with E-state index in [0.717, 1.165) is 29.6 Å². The monoisotopic (exact) mass is 260 g/mol. The van der Waals surface area contributed by atoms with Crippen LogP contribution in [0.4, 0.5) is 10.1 Å². The van der Waals surface area contributed by atoms with Crippen molar-refractivity contribution in [3.63, 3.8) is 0 Å². The second-order valence-corrected chi connectivity index (χ2v) is 5.05. The van der Waals surface area contributed by atoms with Gasteiger partial charge in [-0.25, -0.2) is 4.72 Å². The van der Waals surface area contributed by atoms with Crippen LogP contribution in [0.15, 0.2) is 23.1 Å². The van der Waals surface area contributed by atoms with Gasteiger partial charge < -0.3 is 4.90 Å². The molecule has 88 valence electrons. The molecular weight excluding hydrogens is 247 g/mol. The van der Waals surface area contributed by atoms with E-state index >= 15 is 0 Å². The minimum absolute atomic E-state index is 0.233. The molecule has 16 heavy (non-hydrogen) atoms. The lowest BCUT2D eigenvalue weighted by molar-refractivity contribution is 0.461. The number of anilines is 1. The number of nitrogens with one attached hydrogen (secondary N) is 1. The van der Waals surface area contributed by atoms with Gasteiger partial charge in [0.05, 0.1) is 19.0 Å². The van der Waals surface area contributed by atoms with Gasteiger partial charge in [-0.3, -0.25) is 4.39 Å². The van der Waals surface area contributed by atoms with Crippen LogP contribution in [0.5, 0.6) is 0 Å². The Labute approximate surface area is 104 Å². The van der Waals surface area contributed by atoms with E-state index < -0.39 is 0 Å². The summed E-state index contributed by atoms with van der Waals surface area (Å²) in [6.45, 7) is 1.45. The van der Waals surface area contributed by atoms with Crippen molar-refractivity contribution in [3.8, 4) is 0 Å². The molecule has 5 heteroatoms. The fraction of sp³-hybridized carbons (Fsp3) is 0.455. The van der Waals surface area contributed by atoms with Crippen molar-refractivity contribution in [2.75, 3.05) is 24.8 Å². The highest BCUT2D eigenvalue weighted by Gasteiger charge is 2.16. The fourth-order valence-corrected chi connectivity index (χ4v) is 2.80. The molecule has 1 heterocycles. The van der Waals surface area contributed by atoms with Crippen LogP contribution >= 0.6 is 23.5 Å². The van der Waals surface area contributed by atoms with E-state index in [1.54, 1.807) is 11.9 Å². The van der Waals surface area contributed by atoms with Crippen molar-refractivity contribution in [2.45, 2.75) is 17.7 Å². The lowest BCUT2D eigenvalue weighted by Crippen LogP contribution is -2.35. The first kappa shape index (κ1) is 12.0. The summed E-state index contributed by atoms with van der Waals surface area (Å²) in [5, 5.41) is 0.749. The number of unbranched alkanes of at least 4 members (excludes halogenated alkanes) is 1. The van der Waals surface area contributed by atoms with Gasteiger partial charge in [-0.15, -0.1) is 0 Å². The number of fused-ring (bicyclic) bond motifs is 1. The third-order valence-corrected chi connectivity index (χ3v) is 3.57. The number of benzene rings is 1. The zero-order valence-electron chi connectivity index (χ0n) is 8.88. The van der Waals surface area contributed by atoms with E-state index in [4.69, 9.17) is 11.6 Å². The summed E-state index contributed by atoms with van der Waals surface area (Å²) in [5.74, 6) is 0. The minimum Gasteiger partial charge on any atom is -0.357 e. The first-order valence-electron chi connectivity index (χ1n) is 5.31. The predicted molar refractivity (Wildman–Crippen MR) is 67.9 cm³/mol. The molecule has 2 rings (SSSR count). The van der Waals surface area contributed by atoms with Gasteiger partial charge in [0.1, 0.15) is 0 Å². The predicted octanol–water partition coefficient (Wildman–Crippen LogP) is 3.46. The maximum Gasteiger partial charge on any atom is 0.0895 e. The van der Waals surface area contributed by atoms with Gasteiger partial charge in [-0.1, -0.05) is 11.6 Å².